The molecule has 0 aliphatic rings. The highest BCUT2D eigenvalue weighted by atomic mass is 35.5. The van der Waals surface area contributed by atoms with Gasteiger partial charge in [-0.15, -0.1) is 10.2 Å². The van der Waals surface area contributed by atoms with Gasteiger partial charge in [-0.05, 0) is 36.4 Å². The summed E-state index contributed by atoms with van der Waals surface area (Å²) in [7, 11) is 3.02. The second-order valence-corrected chi connectivity index (χ2v) is 5.66. The molecule has 3 rings (SSSR count). The molecule has 7 nitrogen and oxygen atoms in total. The minimum atomic E-state index is -0.341. The fraction of sp³-hybridized carbons (Fsp3) is 0.167. The molecule has 0 radical (unpaired) electrons. The first-order valence-electron chi connectivity index (χ1n) is 7.76. The lowest BCUT2D eigenvalue weighted by molar-refractivity contribution is 0.112. The Bertz CT molecular complexity index is 944. The van der Waals surface area contributed by atoms with Crippen molar-refractivity contribution in [3.63, 3.8) is 0 Å². The molecule has 0 atom stereocenters. The normalized spacial score (nSPS) is 11.0. The molecule has 0 aliphatic heterocycles. The Kier molecular flexibility index (Phi) is 5.87. The largest absolute Gasteiger partial charge is 0.493 e. The van der Waals surface area contributed by atoms with Crippen molar-refractivity contribution in [2.75, 3.05) is 14.2 Å². The molecule has 0 aliphatic carbocycles. The van der Waals surface area contributed by atoms with Gasteiger partial charge in [0.25, 0.3) is 5.89 Å². The molecule has 3 aromatic rings. The molecular weight excluding hydrogens is 377 g/mol. The van der Waals surface area contributed by atoms with Gasteiger partial charge in [0, 0.05) is 11.1 Å². The van der Waals surface area contributed by atoms with Gasteiger partial charge in [0.2, 0.25) is 5.89 Å². The Morgan fingerprint density at radius 2 is 1.93 bits per heavy atom. The standard InChI is InChI=1S/C18H15ClFN3O4/c1-24-15-8-11(7-14(19)17(15)25-2)9-21-26-10-16-22-23-18(27-16)12-3-5-13(20)6-4-12/h3-9H,10H2,1-2H3/b21-9+. The minimum absolute atomic E-state index is 0.0221. The Morgan fingerprint density at radius 1 is 1.15 bits per heavy atom. The Balaban J connectivity index is 1.62. The summed E-state index contributed by atoms with van der Waals surface area (Å²) in [4.78, 5) is 5.16. The summed E-state index contributed by atoms with van der Waals surface area (Å²) in [5.74, 6) is 1.08. The van der Waals surface area contributed by atoms with Crippen LogP contribution in [0.5, 0.6) is 11.5 Å². The van der Waals surface area contributed by atoms with Crippen LogP contribution in [0.4, 0.5) is 4.39 Å². The molecule has 0 fully saturated rings. The van der Waals surface area contributed by atoms with Gasteiger partial charge in [-0.25, -0.2) is 4.39 Å². The quantitative estimate of drug-likeness (QED) is 0.445. The van der Waals surface area contributed by atoms with Crippen LogP contribution in [0.25, 0.3) is 11.5 Å². The maximum atomic E-state index is 12.9. The summed E-state index contributed by atoms with van der Waals surface area (Å²) >= 11 is 6.13. The zero-order valence-corrected chi connectivity index (χ0v) is 15.2. The Labute approximate surface area is 159 Å². The van der Waals surface area contributed by atoms with E-state index in [2.05, 4.69) is 15.4 Å². The van der Waals surface area contributed by atoms with E-state index in [1.54, 1.807) is 24.3 Å². The third kappa shape index (κ3) is 4.53. The number of rotatable bonds is 7. The topological polar surface area (TPSA) is 79.0 Å². The zero-order valence-electron chi connectivity index (χ0n) is 14.5. The van der Waals surface area contributed by atoms with Gasteiger partial charge in [0.15, 0.2) is 18.1 Å². The fourth-order valence-electron chi connectivity index (χ4n) is 2.22. The van der Waals surface area contributed by atoms with Crippen molar-refractivity contribution in [2.45, 2.75) is 6.61 Å². The van der Waals surface area contributed by atoms with Gasteiger partial charge in [0.1, 0.15) is 5.82 Å². The minimum Gasteiger partial charge on any atom is -0.493 e. The van der Waals surface area contributed by atoms with Crippen LogP contribution < -0.4 is 9.47 Å². The van der Waals surface area contributed by atoms with E-state index in [1.165, 1.54) is 32.6 Å². The van der Waals surface area contributed by atoms with Crippen LogP contribution in [0.15, 0.2) is 46.0 Å². The summed E-state index contributed by atoms with van der Waals surface area (Å²) in [6, 6.07) is 9.09. The van der Waals surface area contributed by atoms with Crippen molar-refractivity contribution in [2.24, 2.45) is 5.16 Å². The maximum absolute atomic E-state index is 12.9. The van der Waals surface area contributed by atoms with Gasteiger partial charge in [-0.2, -0.15) is 0 Å². The lowest BCUT2D eigenvalue weighted by atomic mass is 10.2. The van der Waals surface area contributed by atoms with Gasteiger partial charge < -0.3 is 18.7 Å². The SMILES string of the molecule is COc1cc(/C=N/OCc2nnc(-c3ccc(F)cc3)o2)cc(Cl)c1OC. The summed E-state index contributed by atoms with van der Waals surface area (Å²) < 4.78 is 28.8. The van der Waals surface area contributed by atoms with Crippen molar-refractivity contribution in [1.82, 2.24) is 10.2 Å². The van der Waals surface area contributed by atoms with Gasteiger partial charge >= 0.3 is 0 Å². The van der Waals surface area contributed by atoms with Crippen LogP contribution in [-0.2, 0) is 11.4 Å². The van der Waals surface area contributed by atoms with E-state index in [9.17, 15) is 4.39 Å². The number of methoxy groups -OCH3 is 2. The molecular formula is C18H15ClFN3O4. The number of benzene rings is 2. The van der Waals surface area contributed by atoms with Crippen molar-refractivity contribution in [1.29, 1.82) is 0 Å². The molecule has 2 aromatic carbocycles. The second-order valence-electron chi connectivity index (χ2n) is 5.25. The number of oxime groups is 1. The average Bonchev–Trinajstić information content (AvgIpc) is 3.14. The van der Waals surface area contributed by atoms with E-state index in [4.69, 9.17) is 30.3 Å². The van der Waals surface area contributed by atoms with Crippen LogP contribution in [0, 0.1) is 5.82 Å². The lowest BCUT2D eigenvalue weighted by Crippen LogP contribution is -1.94. The maximum Gasteiger partial charge on any atom is 0.257 e. The van der Waals surface area contributed by atoms with E-state index in [0.717, 1.165) is 0 Å². The van der Waals surface area contributed by atoms with Crippen molar-refractivity contribution in [3.05, 3.63) is 58.7 Å². The van der Waals surface area contributed by atoms with Crippen LogP contribution in [-0.4, -0.2) is 30.6 Å². The smallest absolute Gasteiger partial charge is 0.257 e. The lowest BCUT2D eigenvalue weighted by Gasteiger charge is -2.09. The highest BCUT2D eigenvalue weighted by molar-refractivity contribution is 6.32. The zero-order chi connectivity index (χ0) is 19.2. The molecule has 0 saturated carbocycles. The summed E-state index contributed by atoms with van der Waals surface area (Å²) in [5, 5.41) is 12.0. The van der Waals surface area contributed by atoms with E-state index < -0.39 is 0 Å². The van der Waals surface area contributed by atoms with Gasteiger partial charge in [-0.3, -0.25) is 0 Å². The first-order chi connectivity index (χ1) is 13.1. The Hall–Kier alpha value is -3.13. The second kappa shape index (κ2) is 8.50. The third-order valence-electron chi connectivity index (χ3n) is 3.48. The number of hydrogen-bond acceptors (Lipinski definition) is 7. The summed E-state index contributed by atoms with van der Waals surface area (Å²) in [6.45, 7) is -0.0221. The Morgan fingerprint density at radius 3 is 2.63 bits per heavy atom. The first-order valence-corrected chi connectivity index (χ1v) is 8.13. The summed E-state index contributed by atoms with van der Waals surface area (Å²) in [6.07, 6.45) is 1.46. The number of aromatic nitrogens is 2. The number of hydrogen-bond donors (Lipinski definition) is 0. The van der Waals surface area contributed by atoms with Gasteiger partial charge in [0.05, 0.1) is 25.5 Å². The number of nitrogens with zero attached hydrogens (tertiary/aromatic N) is 3. The molecule has 0 unspecified atom stereocenters. The fourth-order valence-corrected chi connectivity index (χ4v) is 2.52. The highest BCUT2D eigenvalue weighted by Gasteiger charge is 2.11. The molecule has 0 saturated heterocycles. The van der Waals surface area contributed by atoms with Crippen molar-refractivity contribution in [3.8, 4) is 23.0 Å². The monoisotopic (exact) mass is 391 g/mol. The van der Waals surface area contributed by atoms with E-state index in [0.29, 0.717) is 27.6 Å². The predicted octanol–water partition coefficient (Wildman–Crippen LogP) is 4.10. The first kappa shape index (κ1) is 18.7. The molecule has 0 N–H and O–H groups in total. The molecule has 1 heterocycles. The van der Waals surface area contributed by atoms with Gasteiger partial charge in [-0.1, -0.05) is 16.8 Å². The van der Waals surface area contributed by atoms with Crippen LogP contribution in [0.2, 0.25) is 5.02 Å². The molecule has 27 heavy (non-hydrogen) atoms. The van der Waals surface area contributed by atoms with E-state index >= 15 is 0 Å². The van der Waals surface area contributed by atoms with Crippen molar-refractivity contribution >= 4 is 17.8 Å². The van der Waals surface area contributed by atoms with E-state index in [1.807, 2.05) is 0 Å². The number of halogens is 2. The molecule has 0 bridgehead atoms. The number of ether oxygens (including phenoxy) is 2. The summed E-state index contributed by atoms with van der Waals surface area (Å²) in [5.41, 5.74) is 1.27. The predicted molar refractivity (Wildman–Crippen MR) is 96.6 cm³/mol. The molecule has 0 amide bonds. The molecule has 0 spiro atoms. The van der Waals surface area contributed by atoms with E-state index in [-0.39, 0.29) is 24.2 Å². The van der Waals surface area contributed by atoms with Crippen molar-refractivity contribution < 1.29 is 23.1 Å². The molecule has 9 heteroatoms. The van der Waals surface area contributed by atoms with Crippen LogP contribution in [0.3, 0.4) is 0 Å². The average molecular weight is 392 g/mol. The molecule has 140 valence electrons. The van der Waals surface area contributed by atoms with Crippen LogP contribution in [0.1, 0.15) is 11.5 Å². The molecule has 1 aromatic heterocycles. The third-order valence-corrected chi connectivity index (χ3v) is 3.76. The van der Waals surface area contributed by atoms with Crippen LogP contribution >= 0.6 is 11.6 Å². The highest BCUT2D eigenvalue weighted by Crippen LogP contribution is 2.35.